The fourth-order valence-corrected chi connectivity index (χ4v) is 2.22. The summed E-state index contributed by atoms with van der Waals surface area (Å²) < 4.78 is 16.4. The third kappa shape index (κ3) is 1.37. The minimum atomic E-state index is -0.832. The van der Waals surface area contributed by atoms with Gasteiger partial charge in [-0.2, -0.15) is 0 Å². The van der Waals surface area contributed by atoms with Gasteiger partial charge < -0.3 is 4.74 Å². The van der Waals surface area contributed by atoms with Gasteiger partial charge in [-0.15, -0.1) is 0 Å². The van der Waals surface area contributed by atoms with Crippen molar-refractivity contribution in [2.75, 3.05) is 5.94 Å². The van der Waals surface area contributed by atoms with Gasteiger partial charge in [-0.1, -0.05) is 17.7 Å². The summed E-state index contributed by atoms with van der Waals surface area (Å²) in [5.41, 5.74) is 2.26. The normalized spacial score (nSPS) is 21.2. The molecule has 0 saturated heterocycles. The Balaban J connectivity index is 2.44. The van der Waals surface area contributed by atoms with Crippen molar-refractivity contribution in [2.45, 2.75) is 12.7 Å². The summed E-state index contributed by atoms with van der Waals surface area (Å²) in [4.78, 5) is 0. The molecule has 2 rings (SSSR count). The quantitative estimate of drug-likeness (QED) is 0.609. The van der Waals surface area contributed by atoms with E-state index in [0.717, 1.165) is 11.3 Å². The van der Waals surface area contributed by atoms with Crippen LogP contribution in [0, 0.1) is 6.92 Å². The molecular weight excluding hydrogens is 172 g/mol. The summed E-state index contributed by atoms with van der Waals surface area (Å²) in [5, 5.41) is 0. The van der Waals surface area contributed by atoms with E-state index in [1.165, 1.54) is 5.56 Å². The molecule has 64 valence electrons. The summed E-state index contributed by atoms with van der Waals surface area (Å²) >= 11 is 0. The maximum absolute atomic E-state index is 11.1. The molecular formula is C9H10O2S. The van der Waals surface area contributed by atoms with Gasteiger partial charge in [0.2, 0.25) is 0 Å². The Hall–Kier alpha value is -0.830. The van der Waals surface area contributed by atoms with Crippen LogP contribution in [0.2, 0.25) is 0 Å². The highest BCUT2D eigenvalue weighted by atomic mass is 32.2. The Morgan fingerprint density at radius 2 is 2.33 bits per heavy atom. The lowest BCUT2D eigenvalue weighted by Crippen LogP contribution is -2.14. The SMILES string of the molecule is Cc1ccc2c(c1)CS(=O)CO2. The summed E-state index contributed by atoms with van der Waals surface area (Å²) in [5.74, 6) is 1.87. The van der Waals surface area contributed by atoms with Crippen molar-refractivity contribution >= 4 is 10.8 Å². The highest BCUT2D eigenvalue weighted by molar-refractivity contribution is 7.84. The van der Waals surface area contributed by atoms with Gasteiger partial charge in [0.05, 0.1) is 16.6 Å². The largest absolute Gasteiger partial charge is 0.480 e. The molecule has 1 aliphatic heterocycles. The first-order valence-corrected chi connectivity index (χ1v) is 5.32. The molecule has 1 aliphatic rings. The monoisotopic (exact) mass is 182 g/mol. The van der Waals surface area contributed by atoms with E-state index >= 15 is 0 Å². The smallest absolute Gasteiger partial charge is 0.163 e. The predicted molar refractivity (Wildman–Crippen MR) is 48.5 cm³/mol. The van der Waals surface area contributed by atoms with Crippen LogP contribution in [0.4, 0.5) is 0 Å². The number of ether oxygens (including phenoxy) is 1. The van der Waals surface area contributed by atoms with Crippen LogP contribution in [-0.4, -0.2) is 10.1 Å². The van der Waals surface area contributed by atoms with Crippen LogP contribution in [0.1, 0.15) is 11.1 Å². The van der Waals surface area contributed by atoms with Gasteiger partial charge >= 0.3 is 0 Å². The summed E-state index contributed by atoms with van der Waals surface area (Å²) in [6.45, 7) is 2.03. The second kappa shape index (κ2) is 2.90. The Bertz CT molecular complexity index is 333. The van der Waals surface area contributed by atoms with Gasteiger partial charge in [-0.25, -0.2) is 0 Å². The van der Waals surface area contributed by atoms with Crippen LogP contribution in [0.3, 0.4) is 0 Å². The van der Waals surface area contributed by atoms with E-state index in [4.69, 9.17) is 4.74 Å². The van der Waals surface area contributed by atoms with Crippen molar-refractivity contribution in [1.29, 1.82) is 0 Å². The minimum absolute atomic E-state index is 0.343. The first-order chi connectivity index (χ1) is 5.75. The van der Waals surface area contributed by atoms with Gasteiger partial charge in [0.25, 0.3) is 0 Å². The molecule has 1 aromatic carbocycles. The molecule has 0 aromatic heterocycles. The van der Waals surface area contributed by atoms with Gasteiger partial charge in [0.15, 0.2) is 5.94 Å². The van der Waals surface area contributed by atoms with Crippen molar-refractivity contribution in [1.82, 2.24) is 0 Å². The molecule has 1 heterocycles. The van der Waals surface area contributed by atoms with Crippen LogP contribution >= 0.6 is 0 Å². The minimum Gasteiger partial charge on any atom is -0.480 e. The summed E-state index contributed by atoms with van der Waals surface area (Å²) in [6, 6.07) is 5.99. The van der Waals surface area contributed by atoms with Crippen LogP contribution in [0.5, 0.6) is 5.75 Å². The molecule has 0 fully saturated rings. The molecule has 12 heavy (non-hydrogen) atoms. The van der Waals surface area contributed by atoms with E-state index in [-0.39, 0.29) is 0 Å². The first-order valence-electron chi connectivity index (χ1n) is 3.83. The van der Waals surface area contributed by atoms with Crippen LogP contribution in [0.25, 0.3) is 0 Å². The zero-order valence-corrected chi connectivity index (χ0v) is 7.69. The number of hydrogen-bond donors (Lipinski definition) is 0. The van der Waals surface area contributed by atoms with Gasteiger partial charge in [-0.05, 0) is 13.0 Å². The van der Waals surface area contributed by atoms with Gasteiger partial charge in [-0.3, -0.25) is 4.21 Å². The topological polar surface area (TPSA) is 26.3 Å². The van der Waals surface area contributed by atoms with Crippen LogP contribution < -0.4 is 4.74 Å². The van der Waals surface area contributed by atoms with Crippen molar-refractivity contribution in [3.63, 3.8) is 0 Å². The molecule has 0 radical (unpaired) electrons. The number of rotatable bonds is 0. The standard InChI is InChI=1S/C9H10O2S/c1-7-2-3-9-8(4-7)5-12(10)6-11-9/h2-4H,5-6H2,1H3. The lowest BCUT2D eigenvalue weighted by Gasteiger charge is -2.16. The van der Waals surface area contributed by atoms with Crippen LogP contribution in [0.15, 0.2) is 18.2 Å². The van der Waals surface area contributed by atoms with Crippen molar-refractivity contribution < 1.29 is 8.95 Å². The zero-order chi connectivity index (χ0) is 8.55. The fraction of sp³-hybridized carbons (Fsp3) is 0.333. The second-order valence-electron chi connectivity index (χ2n) is 2.96. The third-order valence-electron chi connectivity index (χ3n) is 1.88. The highest BCUT2D eigenvalue weighted by Gasteiger charge is 2.14. The van der Waals surface area contributed by atoms with Crippen molar-refractivity contribution in [3.05, 3.63) is 29.3 Å². The highest BCUT2D eigenvalue weighted by Crippen LogP contribution is 2.25. The molecule has 0 spiro atoms. The molecule has 1 aromatic rings. The van der Waals surface area contributed by atoms with E-state index in [1.54, 1.807) is 0 Å². The lowest BCUT2D eigenvalue weighted by molar-refractivity contribution is 0.376. The Labute approximate surface area is 74.0 Å². The molecule has 0 bridgehead atoms. The van der Waals surface area contributed by atoms with E-state index in [9.17, 15) is 4.21 Å². The summed E-state index contributed by atoms with van der Waals surface area (Å²) in [6.07, 6.45) is 0. The average molecular weight is 182 g/mol. The third-order valence-corrected chi connectivity index (χ3v) is 2.89. The van der Waals surface area contributed by atoms with Gasteiger partial charge in [0.1, 0.15) is 5.75 Å². The molecule has 0 amide bonds. The van der Waals surface area contributed by atoms with E-state index in [2.05, 4.69) is 0 Å². The van der Waals surface area contributed by atoms with Crippen LogP contribution in [-0.2, 0) is 16.6 Å². The number of benzene rings is 1. The maximum Gasteiger partial charge on any atom is 0.163 e. The van der Waals surface area contributed by atoms with E-state index in [0.29, 0.717) is 11.7 Å². The Morgan fingerprint density at radius 1 is 1.50 bits per heavy atom. The van der Waals surface area contributed by atoms with Crippen molar-refractivity contribution in [3.8, 4) is 5.75 Å². The fourth-order valence-electron chi connectivity index (χ4n) is 1.31. The molecule has 1 unspecified atom stereocenters. The van der Waals surface area contributed by atoms with E-state index < -0.39 is 10.8 Å². The molecule has 2 nitrogen and oxygen atoms in total. The lowest BCUT2D eigenvalue weighted by atomic mass is 10.1. The molecule has 0 N–H and O–H groups in total. The first kappa shape index (κ1) is 7.80. The molecule has 0 saturated carbocycles. The Morgan fingerprint density at radius 3 is 3.17 bits per heavy atom. The van der Waals surface area contributed by atoms with Gasteiger partial charge in [0, 0.05) is 5.56 Å². The molecule has 1 atom stereocenters. The predicted octanol–water partition coefficient (Wildman–Crippen LogP) is 1.59. The number of hydrogen-bond acceptors (Lipinski definition) is 2. The van der Waals surface area contributed by atoms with Crippen molar-refractivity contribution in [2.24, 2.45) is 0 Å². The number of fused-ring (bicyclic) bond motifs is 1. The second-order valence-corrected chi connectivity index (χ2v) is 4.36. The van der Waals surface area contributed by atoms with E-state index in [1.807, 2.05) is 25.1 Å². The number of aryl methyl sites for hydroxylation is 1. The Kier molecular flexibility index (Phi) is 1.89. The average Bonchev–Trinajstić information content (AvgIpc) is 2.03. The maximum atomic E-state index is 11.1. The summed E-state index contributed by atoms with van der Waals surface area (Å²) in [7, 11) is -0.832. The molecule has 3 heteroatoms. The zero-order valence-electron chi connectivity index (χ0n) is 6.87. The molecule has 0 aliphatic carbocycles.